The summed E-state index contributed by atoms with van der Waals surface area (Å²) in [5.74, 6) is 1.10. The first-order valence-electron chi connectivity index (χ1n) is 9.12. The van der Waals surface area contributed by atoms with Crippen LogP contribution in [0.2, 0.25) is 0 Å². The first kappa shape index (κ1) is 15.4. The van der Waals surface area contributed by atoms with Gasteiger partial charge in [0, 0.05) is 17.7 Å². The zero-order valence-corrected chi connectivity index (χ0v) is 15.0. The van der Waals surface area contributed by atoms with E-state index in [0.717, 1.165) is 40.4 Å². The Bertz CT molecular complexity index is 1010. The van der Waals surface area contributed by atoms with E-state index in [2.05, 4.69) is 42.7 Å². The zero-order valence-electron chi connectivity index (χ0n) is 15.0. The molecule has 1 aliphatic carbocycles. The molecule has 26 heavy (non-hydrogen) atoms. The Morgan fingerprint density at radius 3 is 2.54 bits per heavy atom. The van der Waals surface area contributed by atoms with Crippen molar-refractivity contribution in [2.45, 2.75) is 32.8 Å². The predicted molar refractivity (Wildman–Crippen MR) is 101 cm³/mol. The summed E-state index contributed by atoms with van der Waals surface area (Å²) >= 11 is 0. The SMILES string of the molecule is CC1(C)CC(=O)c2cc3n(c2C1)-c1ccccc1OC3c1ccccc1. The Hall–Kier alpha value is -2.81. The molecule has 0 radical (unpaired) electrons. The van der Waals surface area contributed by atoms with Crippen LogP contribution in [-0.4, -0.2) is 10.4 Å². The quantitative estimate of drug-likeness (QED) is 0.614. The summed E-state index contributed by atoms with van der Waals surface area (Å²) in [6.45, 7) is 4.35. The van der Waals surface area contributed by atoms with Crippen LogP contribution < -0.4 is 4.74 Å². The number of aromatic nitrogens is 1. The van der Waals surface area contributed by atoms with Crippen LogP contribution in [0.1, 0.15) is 53.7 Å². The van der Waals surface area contributed by atoms with Crippen LogP contribution in [-0.2, 0) is 6.42 Å². The van der Waals surface area contributed by atoms with Crippen LogP contribution in [0.4, 0.5) is 0 Å². The van der Waals surface area contributed by atoms with Crippen molar-refractivity contribution in [2.75, 3.05) is 0 Å². The van der Waals surface area contributed by atoms with Gasteiger partial charge in [-0.1, -0.05) is 56.3 Å². The molecule has 0 saturated carbocycles. The molecule has 3 aromatic rings. The standard InChI is InChI=1S/C23H21NO2/c1-23(2)13-19-16(20(25)14-23)12-18-22(15-8-4-3-5-9-15)26-21-11-7-6-10-17(21)24(18)19/h3-12,22H,13-14H2,1-2H3. The fourth-order valence-corrected chi connectivity index (χ4v) is 4.31. The number of Topliss-reactive ketones (excluding diaryl/α,β-unsaturated/α-hetero) is 1. The minimum absolute atomic E-state index is 0.0191. The molecule has 2 aromatic carbocycles. The van der Waals surface area contributed by atoms with Gasteiger partial charge in [0.15, 0.2) is 11.9 Å². The number of carbonyl (C=O) groups excluding carboxylic acids is 1. The smallest absolute Gasteiger partial charge is 0.165 e. The van der Waals surface area contributed by atoms with E-state index >= 15 is 0 Å². The molecular formula is C23H21NO2. The lowest BCUT2D eigenvalue weighted by atomic mass is 9.76. The average Bonchev–Trinajstić information content (AvgIpc) is 3.01. The topological polar surface area (TPSA) is 31.2 Å². The highest BCUT2D eigenvalue weighted by atomic mass is 16.5. The fraction of sp³-hybridized carbons (Fsp3) is 0.261. The van der Waals surface area contributed by atoms with Crippen molar-refractivity contribution in [3.63, 3.8) is 0 Å². The van der Waals surface area contributed by atoms with Gasteiger partial charge >= 0.3 is 0 Å². The van der Waals surface area contributed by atoms with Crippen molar-refractivity contribution in [2.24, 2.45) is 5.41 Å². The van der Waals surface area contributed by atoms with Crippen molar-refractivity contribution >= 4 is 5.78 Å². The molecule has 130 valence electrons. The number of ether oxygens (including phenoxy) is 1. The molecule has 3 heteroatoms. The van der Waals surface area contributed by atoms with E-state index in [-0.39, 0.29) is 17.3 Å². The van der Waals surface area contributed by atoms with E-state index in [1.165, 1.54) is 0 Å². The fourth-order valence-electron chi connectivity index (χ4n) is 4.31. The largest absolute Gasteiger partial charge is 0.477 e. The van der Waals surface area contributed by atoms with Gasteiger partial charge in [0.2, 0.25) is 0 Å². The van der Waals surface area contributed by atoms with Crippen molar-refractivity contribution in [1.82, 2.24) is 4.57 Å². The normalized spacial score (nSPS) is 19.9. The maximum atomic E-state index is 12.8. The highest BCUT2D eigenvalue weighted by Gasteiger charge is 2.38. The van der Waals surface area contributed by atoms with Gasteiger partial charge in [0.25, 0.3) is 0 Å². The summed E-state index contributed by atoms with van der Waals surface area (Å²) in [5.41, 5.74) is 5.14. The predicted octanol–water partition coefficient (Wildman–Crippen LogP) is 5.11. The average molecular weight is 343 g/mol. The summed E-state index contributed by atoms with van der Waals surface area (Å²) in [6, 6.07) is 20.4. The van der Waals surface area contributed by atoms with E-state index in [9.17, 15) is 4.79 Å². The second-order valence-electron chi connectivity index (χ2n) is 8.08. The summed E-state index contributed by atoms with van der Waals surface area (Å²) in [7, 11) is 0. The van der Waals surface area contributed by atoms with E-state index in [0.29, 0.717) is 6.42 Å². The molecular weight excluding hydrogens is 322 g/mol. The van der Waals surface area contributed by atoms with Crippen LogP contribution in [0, 0.1) is 5.41 Å². The van der Waals surface area contributed by atoms with Crippen molar-refractivity contribution in [3.8, 4) is 11.4 Å². The first-order valence-corrected chi connectivity index (χ1v) is 9.12. The van der Waals surface area contributed by atoms with Crippen LogP contribution in [0.3, 0.4) is 0 Å². The molecule has 1 aromatic heterocycles. The van der Waals surface area contributed by atoms with E-state index in [4.69, 9.17) is 4.74 Å². The number of carbonyl (C=O) groups is 1. The monoisotopic (exact) mass is 343 g/mol. The van der Waals surface area contributed by atoms with Crippen LogP contribution >= 0.6 is 0 Å². The second-order valence-corrected chi connectivity index (χ2v) is 8.08. The molecule has 5 rings (SSSR count). The maximum Gasteiger partial charge on any atom is 0.165 e. The van der Waals surface area contributed by atoms with Crippen molar-refractivity contribution in [1.29, 1.82) is 0 Å². The minimum Gasteiger partial charge on any atom is -0.477 e. The van der Waals surface area contributed by atoms with Gasteiger partial charge in [-0.05, 0) is 35.6 Å². The molecule has 2 aliphatic rings. The number of nitrogens with zero attached hydrogens (tertiary/aromatic N) is 1. The number of rotatable bonds is 1. The van der Waals surface area contributed by atoms with Gasteiger partial charge in [0.05, 0.1) is 11.4 Å². The molecule has 0 N–H and O–H groups in total. The molecule has 0 amide bonds. The molecule has 3 nitrogen and oxygen atoms in total. The van der Waals surface area contributed by atoms with E-state index < -0.39 is 0 Å². The third kappa shape index (κ3) is 2.23. The highest BCUT2D eigenvalue weighted by molar-refractivity contribution is 5.99. The number of fused-ring (bicyclic) bond motifs is 5. The first-order chi connectivity index (χ1) is 12.5. The number of ketones is 1. The molecule has 1 unspecified atom stereocenters. The van der Waals surface area contributed by atoms with Crippen molar-refractivity contribution in [3.05, 3.63) is 83.2 Å². The maximum absolute atomic E-state index is 12.8. The lowest BCUT2D eigenvalue weighted by Gasteiger charge is -2.33. The van der Waals surface area contributed by atoms with Gasteiger partial charge in [0.1, 0.15) is 5.75 Å². The third-order valence-corrected chi connectivity index (χ3v) is 5.44. The number of hydrogen-bond donors (Lipinski definition) is 0. The Labute approximate surface area is 153 Å². The molecule has 0 bridgehead atoms. The highest BCUT2D eigenvalue weighted by Crippen LogP contribution is 2.45. The molecule has 0 spiro atoms. The van der Waals surface area contributed by atoms with Gasteiger partial charge < -0.3 is 9.30 Å². The Morgan fingerprint density at radius 2 is 1.73 bits per heavy atom. The molecule has 2 heterocycles. The Morgan fingerprint density at radius 1 is 1.00 bits per heavy atom. The van der Waals surface area contributed by atoms with Crippen LogP contribution in [0.15, 0.2) is 60.7 Å². The number of para-hydroxylation sites is 2. The Balaban J connectivity index is 1.78. The molecule has 1 atom stereocenters. The third-order valence-electron chi connectivity index (χ3n) is 5.44. The summed E-state index contributed by atoms with van der Waals surface area (Å²) in [6.07, 6.45) is 1.29. The summed E-state index contributed by atoms with van der Waals surface area (Å²) < 4.78 is 8.65. The van der Waals surface area contributed by atoms with Gasteiger partial charge in [-0.3, -0.25) is 4.79 Å². The summed E-state index contributed by atoms with van der Waals surface area (Å²) in [5, 5.41) is 0. The molecule has 0 fully saturated rings. The zero-order chi connectivity index (χ0) is 17.9. The lowest BCUT2D eigenvalue weighted by Crippen LogP contribution is -2.28. The van der Waals surface area contributed by atoms with Gasteiger partial charge in [-0.15, -0.1) is 0 Å². The summed E-state index contributed by atoms with van der Waals surface area (Å²) in [4.78, 5) is 12.8. The Kier molecular flexibility index (Phi) is 3.17. The van der Waals surface area contributed by atoms with Crippen LogP contribution in [0.25, 0.3) is 5.69 Å². The minimum atomic E-state index is -0.201. The van der Waals surface area contributed by atoms with E-state index in [1.54, 1.807) is 0 Å². The van der Waals surface area contributed by atoms with Crippen LogP contribution in [0.5, 0.6) is 5.75 Å². The van der Waals surface area contributed by atoms with E-state index in [1.807, 2.05) is 36.4 Å². The second kappa shape index (κ2) is 5.34. The van der Waals surface area contributed by atoms with Crippen molar-refractivity contribution < 1.29 is 9.53 Å². The number of benzene rings is 2. The lowest BCUT2D eigenvalue weighted by molar-refractivity contribution is 0.0911. The molecule has 0 saturated heterocycles. The number of hydrogen-bond acceptors (Lipinski definition) is 2. The molecule has 1 aliphatic heterocycles. The van der Waals surface area contributed by atoms with Gasteiger partial charge in [-0.2, -0.15) is 0 Å². The van der Waals surface area contributed by atoms with Gasteiger partial charge in [-0.25, -0.2) is 0 Å².